The molecule has 0 unspecified atom stereocenters. The van der Waals surface area contributed by atoms with Gasteiger partial charge in [0.05, 0.1) is 11.4 Å². The maximum absolute atomic E-state index is 3.67. The third-order valence-corrected chi connectivity index (χ3v) is 4.58. The highest BCUT2D eigenvalue weighted by molar-refractivity contribution is 5.72. The van der Waals surface area contributed by atoms with Gasteiger partial charge in [-0.2, -0.15) is 0 Å². The summed E-state index contributed by atoms with van der Waals surface area (Å²) >= 11 is 0. The third kappa shape index (κ3) is 2.58. The molecule has 0 radical (unpaired) electrons. The van der Waals surface area contributed by atoms with Crippen LogP contribution in [0, 0.1) is 12.3 Å². The molecule has 1 aliphatic carbocycles. The van der Waals surface area contributed by atoms with Crippen LogP contribution in [0.3, 0.4) is 0 Å². The molecule has 1 N–H and O–H groups in total. The summed E-state index contributed by atoms with van der Waals surface area (Å²) in [5.74, 6) is 0. The number of aryl methyl sites for hydroxylation is 1. The second-order valence-electron chi connectivity index (χ2n) is 7.10. The lowest BCUT2D eigenvalue weighted by Gasteiger charge is -2.35. The fraction of sp³-hybridized carbons (Fsp3) is 0.647. The Kier molecular flexibility index (Phi) is 3.20. The molecule has 1 heterocycles. The largest absolute Gasteiger partial charge is 0.383 e. The molecule has 3 rings (SSSR count). The molecule has 1 saturated carbocycles. The molecule has 0 bridgehead atoms. The van der Waals surface area contributed by atoms with E-state index in [1.165, 1.54) is 49.2 Å². The SMILES string of the molecule is Cc1ccc2c(c1)NCC(C)(C)CN2C1CCCC1. The van der Waals surface area contributed by atoms with Gasteiger partial charge in [0.1, 0.15) is 0 Å². The van der Waals surface area contributed by atoms with Crippen LogP contribution in [0.4, 0.5) is 11.4 Å². The van der Waals surface area contributed by atoms with Crippen LogP contribution in [0.2, 0.25) is 0 Å². The van der Waals surface area contributed by atoms with E-state index in [0.717, 1.165) is 12.6 Å². The molecule has 0 atom stereocenters. The lowest BCUT2D eigenvalue weighted by Crippen LogP contribution is -2.41. The monoisotopic (exact) mass is 258 g/mol. The van der Waals surface area contributed by atoms with Gasteiger partial charge in [0.2, 0.25) is 0 Å². The van der Waals surface area contributed by atoms with E-state index in [2.05, 4.69) is 49.2 Å². The highest BCUT2D eigenvalue weighted by Gasteiger charge is 2.32. The number of hydrogen-bond donors (Lipinski definition) is 1. The lowest BCUT2D eigenvalue weighted by molar-refractivity contribution is 0.378. The van der Waals surface area contributed by atoms with E-state index in [1.54, 1.807) is 0 Å². The van der Waals surface area contributed by atoms with Gasteiger partial charge in [-0.3, -0.25) is 0 Å². The van der Waals surface area contributed by atoms with E-state index in [0.29, 0.717) is 5.41 Å². The van der Waals surface area contributed by atoms with Crippen molar-refractivity contribution in [1.29, 1.82) is 0 Å². The zero-order valence-corrected chi connectivity index (χ0v) is 12.5. The van der Waals surface area contributed by atoms with Crippen molar-refractivity contribution in [1.82, 2.24) is 0 Å². The standard InChI is InChI=1S/C17H26N2/c1-13-8-9-16-15(10-13)18-11-17(2,3)12-19(16)14-6-4-5-7-14/h8-10,14,18H,4-7,11-12H2,1-3H3. The molecule has 1 aliphatic heterocycles. The van der Waals surface area contributed by atoms with Gasteiger partial charge in [-0.15, -0.1) is 0 Å². The number of hydrogen-bond acceptors (Lipinski definition) is 2. The zero-order chi connectivity index (χ0) is 13.5. The number of rotatable bonds is 1. The van der Waals surface area contributed by atoms with Gasteiger partial charge >= 0.3 is 0 Å². The molecule has 0 amide bonds. The molecular formula is C17H26N2. The number of nitrogens with one attached hydrogen (secondary N) is 1. The molecule has 2 heteroatoms. The summed E-state index contributed by atoms with van der Waals surface area (Å²) in [6.45, 7) is 9.16. The minimum absolute atomic E-state index is 0.329. The molecule has 19 heavy (non-hydrogen) atoms. The fourth-order valence-corrected chi connectivity index (χ4v) is 3.52. The van der Waals surface area contributed by atoms with Crippen molar-refractivity contribution in [3.05, 3.63) is 23.8 Å². The summed E-state index contributed by atoms with van der Waals surface area (Å²) in [6, 6.07) is 7.62. The maximum atomic E-state index is 3.67. The topological polar surface area (TPSA) is 15.3 Å². The fourth-order valence-electron chi connectivity index (χ4n) is 3.52. The second kappa shape index (κ2) is 4.73. The highest BCUT2D eigenvalue weighted by Crippen LogP contribution is 2.38. The zero-order valence-electron chi connectivity index (χ0n) is 12.5. The number of benzene rings is 1. The van der Waals surface area contributed by atoms with Crippen LogP contribution < -0.4 is 10.2 Å². The quantitative estimate of drug-likeness (QED) is 0.812. The second-order valence-corrected chi connectivity index (χ2v) is 7.10. The van der Waals surface area contributed by atoms with Gasteiger partial charge in [-0.05, 0) is 42.9 Å². The average Bonchev–Trinajstić information content (AvgIpc) is 2.84. The Labute approximate surface area is 117 Å². The molecule has 2 nitrogen and oxygen atoms in total. The first-order valence-corrected chi connectivity index (χ1v) is 7.66. The minimum atomic E-state index is 0.329. The minimum Gasteiger partial charge on any atom is -0.383 e. The van der Waals surface area contributed by atoms with E-state index < -0.39 is 0 Å². The molecule has 0 spiro atoms. The molecule has 2 aliphatic rings. The first kappa shape index (κ1) is 12.8. The van der Waals surface area contributed by atoms with Gasteiger partial charge in [-0.1, -0.05) is 32.8 Å². The number of fused-ring (bicyclic) bond motifs is 1. The van der Waals surface area contributed by atoms with Crippen LogP contribution in [-0.4, -0.2) is 19.1 Å². The van der Waals surface area contributed by atoms with Crippen molar-refractivity contribution in [3.63, 3.8) is 0 Å². The lowest BCUT2D eigenvalue weighted by atomic mass is 9.92. The summed E-state index contributed by atoms with van der Waals surface area (Å²) in [6.07, 6.45) is 5.53. The van der Waals surface area contributed by atoms with Gasteiger partial charge < -0.3 is 10.2 Å². The molecule has 0 saturated heterocycles. The first-order chi connectivity index (χ1) is 9.05. The van der Waals surface area contributed by atoms with Crippen molar-refractivity contribution >= 4 is 11.4 Å². The molecule has 1 fully saturated rings. The molecule has 0 aromatic heterocycles. The third-order valence-electron chi connectivity index (χ3n) is 4.58. The Morgan fingerprint density at radius 1 is 1.21 bits per heavy atom. The van der Waals surface area contributed by atoms with E-state index in [-0.39, 0.29) is 0 Å². The predicted octanol–water partition coefficient (Wildman–Crippen LogP) is 4.20. The van der Waals surface area contributed by atoms with Gasteiger partial charge in [0.15, 0.2) is 0 Å². The van der Waals surface area contributed by atoms with Crippen molar-refractivity contribution in [2.45, 2.75) is 52.5 Å². The van der Waals surface area contributed by atoms with Gasteiger partial charge in [-0.25, -0.2) is 0 Å². The van der Waals surface area contributed by atoms with Crippen molar-refractivity contribution in [2.75, 3.05) is 23.3 Å². The van der Waals surface area contributed by atoms with Crippen molar-refractivity contribution in [3.8, 4) is 0 Å². The van der Waals surface area contributed by atoms with E-state index >= 15 is 0 Å². The maximum Gasteiger partial charge on any atom is 0.0604 e. The van der Waals surface area contributed by atoms with E-state index in [9.17, 15) is 0 Å². The van der Waals surface area contributed by atoms with Crippen molar-refractivity contribution < 1.29 is 0 Å². The molecule has 1 aromatic carbocycles. The summed E-state index contributed by atoms with van der Waals surface area (Å²) < 4.78 is 0. The molecule has 1 aromatic rings. The van der Waals surface area contributed by atoms with Gasteiger partial charge in [0.25, 0.3) is 0 Å². The normalized spacial score (nSPS) is 22.8. The summed E-state index contributed by atoms with van der Waals surface area (Å²) in [5, 5.41) is 3.67. The summed E-state index contributed by atoms with van der Waals surface area (Å²) in [5.41, 5.74) is 4.42. The number of anilines is 2. The Balaban J connectivity index is 1.99. The van der Waals surface area contributed by atoms with Crippen LogP contribution >= 0.6 is 0 Å². The Morgan fingerprint density at radius 3 is 2.68 bits per heavy atom. The Bertz CT molecular complexity index is 458. The summed E-state index contributed by atoms with van der Waals surface area (Å²) in [7, 11) is 0. The van der Waals surface area contributed by atoms with Crippen LogP contribution in [0.5, 0.6) is 0 Å². The molecular weight excluding hydrogens is 232 g/mol. The molecule has 104 valence electrons. The van der Waals surface area contributed by atoms with E-state index in [1.807, 2.05) is 0 Å². The first-order valence-electron chi connectivity index (χ1n) is 7.66. The van der Waals surface area contributed by atoms with Crippen LogP contribution in [0.1, 0.15) is 45.1 Å². The van der Waals surface area contributed by atoms with Crippen LogP contribution in [0.15, 0.2) is 18.2 Å². The summed E-state index contributed by atoms with van der Waals surface area (Å²) in [4.78, 5) is 2.68. The Hall–Kier alpha value is -1.18. The van der Waals surface area contributed by atoms with Crippen molar-refractivity contribution in [2.24, 2.45) is 5.41 Å². The Morgan fingerprint density at radius 2 is 1.95 bits per heavy atom. The average molecular weight is 258 g/mol. The van der Waals surface area contributed by atoms with Crippen LogP contribution in [0.25, 0.3) is 0 Å². The smallest absolute Gasteiger partial charge is 0.0604 e. The van der Waals surface area contributed by atoms with Gasteiger partial charge in [0, 0.05) is 19.1 Å². The number of nitrogens with zero attached hydrogens (tertiary/aromatic N) is 1. The van der Waals surface area contributed by atoms with Crippen LogP contribution in [-0.2, 0) is 0 Å². The van der Waals surface area contributed by atoms with E-state index in [4.69, 9.17) is 0 Å². The highest BCUT2D eigenvalue weighted by atomic mass is 15.2. The predicted molar refractivity (Wildman–Crippen MR) is 83.1 cm³/mol.